The summed E-state index contributed by atoms with van der Waals surface area (Å²) >= 11 is 0. The molecule has 9 heteroatoms. The fourth-order valence-corrected chi connectivity index (χ4v) is 6.09. The first-order valence-corrected chi connectivity index (χ1v) is 13.4. The van der Waals surface area contributed by atoms with E-state index in [0.717, 1.165) is 76.1 Å². The van der Waals surface area contributed by atoms with Crippen LogP contribution in [0, 0.1) is 13.8 Å². The number of carboxylic acids is 1. The van der Waals surface area contributed by atoms with Gasteiger partial charge in [-0.05, 0) is 73.1 Å². The van der Waals surface area contributed by atoms with Gasteiger partial charge in [0.15, 0.2) is 0 Å². The number of carbonyl (C=O) groups is 1. The summed E-state index contributed by atoms with van der Waals surface area (Å²) in [6.07, 6.45) is 3.10. The van der Waals surface area contributed by atoms with Crippen LogP contribution in [0.4, 0.5) is 0 Å². The average Bonchev–Trinajstić information content (AvgIpc) is 3.16. The van der Waals surface area contributed by atoms with Crippen molar-refractivity contribution in [3.8, 4) is 11.6 Å². The second-order valence-corrected chi connectivity index (χ2v) is 11.1. The van der Waals surface area contributed by atoms with Crippen molar-refractivity contribution in [3.05, 3.63) is 76.0 Å². The number of aryl methyl sites for hydroxylation is 3. The Morgan fingerprint density at radius 1 is 1.15 bits per heavy atom. The number of carboxylic acid groups (broad SMARTS) is 1. The van der Waals surface area contributed by atoms with Gasteiger partial charge in [-0.1, -0.05) is 29.5 Å². The number of aliphatic carboxylic acids is 1. The molecule has 0 radical (unpaired) electrons. The van der Waals surface area contributed by atoms with Crippen molar-refractivity contribution in [3.63, 3.8) is 0 Å². The van der Waals surface area contributed by atoms with Crippen LogP contribution >= 0.6 is 0 Å². The zero-order valence-corrected chi connectivity index (χ0v) is 22.5. The Balaban J connectivity index is 1.35. The fourth-order valence-electron chi connectivity index (χ4n) is 6.09. The van der Waals surface area contributed by atoms with E-state index in [9.17, 15) is 15.0 Å². The number of hydrogen-bond acceptors (Lipinski definition) is 7. The third-order valence-corrected chi connectivity index (χ3v) is 8.40. The Bertz CT molecular complexity index is 1580. The zero-order valence-electron chi connectivity index (χ0n) is 22.5. The standard InChI is InChI=1S/C30H33N5O4/c1-18-5-6-20(23(14-28(37)38)22-7-8-25-29(19(22)2)32-33-34(25)3)13-21(18)15-35-16-24-26(9-10-27(36)31-24)39-30(17-35)11-4-12-30/h5-10,13,23H,4,11-12,14-17H2,1-3H3,(H,31,36)(H,37,38)/t23-/m1/s1. The van der Waals surface area contributed by atoms with E-state index in [1.807, 2.05) is 38.2 Å². The smallest absolute Gasteiger partial charge is 0.304 e. The molecular formula is C30H33N5O4. The minimum absolute atomic E-state index is 0.00741. The predicted molar refractivity (Wildman–Crippen MR) is 146 cm³/mol. The monoisotopic (exact) mass is 527 g/mol. The van der Waals surface area contributed by atoms with Gasteiger partial charge < -0.3 is 14.9 Å². The minimum Gasteiger partial charge on any atom is -0.493 e. The number of hydrogen-bond donors (Lipinski definition) is 2. The highest BCUT2D eigenvalue weighted by atomic mass is 16.5. The lowest BCUT2D eigenvalue weighted by Gasteiger charge is -2.43. The van der Waals surface area contributed by atoms with Crippen LogP contribution in [0.5, 0.6) is 11.6 Å². The quantitative estimate of drug-likeness (QED) is 0.374. The molecule has 0 saturated heterocycles. The largest absolute Gasteiger partial charge is 0.493 e. The van der Waals surface area contributed by atoms with Gasteiger partial charge >= 0.3 is 5.97 Å². The third-order valence-electron chi connectivity index (χ3n) is 8.40. The number of benzene rings is 2. The van der Waals surface area contributed by atoms with Gasteiger partial charge in [-0.3, -0.25) is 9.69 Å². The van der Waals surface area contributed by atoms with Crippen LogP contribution in [0.25, 0.3) is 11.0 Å². The van der Waals surface area contributed by atoms with Gasteiger partial charge in [0, 0.05) is 38.7 Å². The first kappa shape index (κ1) is 25.3. The minimum atomic E-state index is -0.847. The van der Waals surface area contributed by atoms with Gasteiger partial charge in [-0.2, -0.15) is 0 Å². The molecule has 3 heterocycles. The maximum atomic E-state index is 12.0. The predicted octanol–water partition coefficient (Wildman–Crippen LogP) is 4.61. The summed E-state index contributed by atoms with van der Waals surface area (Å²) in [6.45, 7) is 6.09. The molecule has 2 N–H and O–H groups in total. The van der Waals surface area contributed by atoms with Crippen molar-refractivity contribution in [2.45, 2.75) is 64.1 Å². The van der Waals surface area contributed by atoms with Crippen LogP contribution < -0.4 is 4.74 Å². The molecule has 0 bridgehead atoms. The topological polar surface area (TPSA) is 114 Å². The lowest BCUT2D eigenvalue weighted by Crippen LogP contribution is -2.50. The first-order valence-electron chi connectivity index (χ1n) is 13.4. The summed E-state index contributed by atoms with van der Waals surface area (Å²) in [7, 11) is 1.85. The molecule has 2 aromatic carbocycles. The molecule has 202 valence electrons. The van der Waals surface area contributed by atoms with Gasteiger partial charge in [-0.15, -0.1) is 5.10 Å². The van der Waals surface area contributed by atoms with Gasteiger partial charge in [0.05, 0.1) is 11.9 Å². The number of fused-ring (bicyclic) bond motifs is 2. The Morgan fingerprint density at radius 2 is 1.97 bits per heavy atom. The van der Waals surface area contributed by atoms with E-state index >= 15 is 0 Å². The summed E-state index contributed by atoms with van der Waals surface area (Å²) < 4.78 is 8.18. The average molecular weight is 528 g/mol. The molecule has 1 aliphatic heterocycles. The molecule has 0 unspecified atom stereocenters. The van der Waals surface area contributed by atoms with Crippen LogP contribution in [0.3, 0.4) is 0 Å². The molecule has 4 aromatic rings. The van der Waals surface area contributed by atoms with Gasteiger partial charge in [0.1, 0.15) is 22.6 Å². The van der Waals surface area contributed by atoms with Gasteiger partial charge in [-0.25, -0.2) is 9.67 Å². The molecule has 6 rings (SSSR count). The van der Waals surface area contributed by atoms with Crippen LogP contribution in [-0.4, -0.2) is 53.2 Å². The second-order valence-electron chi connectivity index (χ2n) is 11.1. The maximum absolute atomic E-state index is 12.0. The normalized spacial score (nSPS) is 17.3. The van der Waals surface area contributed by atoms with Crippen molar-refractivity contribution < 1.29 is 19.7 Å². The highest BCUT2D eigenvalue weighted by Crippen LogP contribution is 2.42. The van der Waals surface area contributed by atoms with E-state index in [1.165, 1.54) is 0 Å². The highest BCUT2D eigenvalue weighted by molar-refractivity contribution is 5.80. The number of aromatic hydroxyl groups is 1. The Hall–Kier alpha value is -3.98. The van der Waals surface area contributed by atoms with Crippen molar-refractivity contribution >= 4 is 17.0 Å². The molecule has 1 aliphatic carbocycles. The SMILES string of the molecule is Cc1ccc([C@@H](CC(=O)O)c2ccc3c(nnn3C)c2C)cc1CN1Cc2nc(O)ccc2OC2(CCC2)C1. The van der Waals surface area contributed by atoms with E-state index in [1.54, 1.807) is 10.7 Å². The lowest BCUT2D eigenvalue weighted by molar-refractivity contribution is -0.137. The second kappa shape index (κ2) is 9.64. The van der Waals surface area contributed by atoms with E-state index in [-0.39, 0.29) is 23.8 Å². The number of pyridine rings is 1. The zero-order chi connectivity index (χ0) is 27.3. The van der Waals surface area contributed by atoms with E-state index in [4.69, 9.17) is 4.74 Å². The summed E-state index contributed by atoms with van der Waals surface area (Å²) in [4.78, 5) is 18.7. The Labute approximate surface area is 227 Å². The van der Waals surface area contributed by atoms with Crippen LogP contribution in [-0.2, 0) is 24.9 Å². The Kier molecular flexibility index (Phi) is 6.26. The van der Waals surface area contributed by atoms with Crippen molar-refractivity contribution in [2.75, 3.05) is 6.54 Å². The number of aromatic nitrogens is 4. The Morgan fingerprint density at radius 3 is 2.72 bits per heavy atom. The van der Waals surface area contributed by atoms with E-state index in [2.05, 4.69) is 39.3 Å². The molecule has 2 aliphatic rings. The summed E-state index contributed by atoms with van der Waals surface area (Å²) in [6, 6.07) is 13.7. The van der Waals surface area contributed by atoms with Crippen LogP contribution in [0.1, 0.15) is 65.1 Å². The summed E-state index contributed by atoms with van der Waals surface area (Å²) in [5.41, 5.74) is 7.37. The van der Waals surface area contributed by atoms with Crippen LogP contribution in [0.15, 0.2) is 42.5 Å². The molecule has 9 nitrogen and oxygen atoms in total. The van der Waals surface area contributed by atoms with Crippen LogP contribution in [0.2, 0.25) is 0 Å². The lowest BCUT2D eigenvalue weighted by atomic mass is 9.79. The third kappa shape index (κ3) is 4.71. The number of ether oxygens (including phenoxy) is 1. The van der Waals surface area contributed by atoms with Gasteiger partial charge in [0.25, 0.3) is 0 Å². The maximum Gasteiger partial charge on any atom is 0.304 e. The number of rotatable bonds is 6. The molecule has 1 saturated carbocycles. The number of nitrogens with zero attached hydrogens (tertiary/aromatic N) is 5. The van der Waals surface area contributed by atoms with E-state index in [0.29, 0.717) is 13.1 Å². The fraction of sp³-hybridized carbons (Fsp3) is 0.400. The van der Waals surface area contributed by atoms with E-state index < -0.39 is 5.97 Å². The molecule has 0 amide bonds. The molecule has 2 aromatic heterocycles. The highest BCUT2D eigenvalue weighted by Gasteiger charge is 2.43. The summed E-state index contributed by atoms with van der Waals surface area (Å²) in [5, 5.41) is 28.4. The first-order chi connectivity index (χ1) is 18.7. The van der Waals surface area contributed by atoms with Gasteiger partial charge in [0.2, 0.25) is 5.88 Å². The van der Waals surface area contributed by atoms with Crippen molar-refractivity contribution in [1.29, 1.82) is 0 Å². The molecule has 1 spiro atoms. The molecule has 39 heavy (non-hydrogen) atoms. The van der Waals surface area contributed by atoms with Crippen molar-refractivity contribution in [2.24, 2.45) is 7.05 Å². The molecule has 1 fully saturated rings. The molecular weight excluding hydrogens is 494 g/mol. The summed E-state index contributed by atoms with van der Waals surface area (Å²) in [5.74, 6) is -0.429. The van der Waals surface area contributed by atoms with Crippen molar-refractivity contribution in [1.82, 2.24) is 24.9 Å². The molecule has 1 atom stereocenters.